The highest BCUT2D eigenvalue weighted by atomic mass is 32.2. The Bertz CT molecular complexity index is 1610. The van der Waals surface area contributed by atoms with E-state index in [4.69, 9.17) is 0 Å². The highest BCUT2D eigenvalue weighted by Gasteiger charge is 2.25. The van der Waals surface area contributed by atoms with Crippen molar-refractivity contribution >= 4 is 39.0 Å². The summed E-state index contributed by atoms with van der Waals surface area (Å²) in [7, 11) is 0.675. The highest BCUT2D eigenvalue weighted by Crippen LogP contribution is 2.31. The summed E-state index contributed by atoms with van der Waals surface area (Å²) in [5.74, 6) is 0.800. The van der Waals surface area contributed by atoms with Crippen LogP contribution in [0.25, 0.3) is 10.8 Å². The van der Waals surface area contributed by atoms with Gasteiger partial charge in [-0.25, -0.2) is 0 Å². The van der Waals surface area contributed by atoms with Crippen molar-refractivity contribution in [2.75, 3.05) is 42.7 Å². The maximum Gasteiger partial charge on any atom is 0.259 e. The molecule has 0 radical (unpaired) electrons. The first kappa shape index (κ1) is 26.6. The number of pyridine rings is 2. The summed E-state index contributed by atoms with van der Waals surface area (Å²) in [6.45, 7) is 6.41. The van der Waals surface area contributed by atoms with Gasteiger partial charge in [-0.3, -0.25) is 23.3 Å². The van der Waals surface area contributed by atoms with Crippen molar-refractivity contribution in [3.8, 4) is 0 Å². The molecule has 9 heteroatoms. The van der Waals surface area contributed by atoms with Gasteiger partial charge in [-0.1, -0.05) is 18.2 Å². The minimum atomic E-state index is -1.13. The number of fused-ring (bicyclic) bond motifs is 1. The molecule has 202 valence electrons. The van der Waals surface area contributed by atoms with Crippen molar-refractivity contribution in [2.24, 2.45) is 7.05 Å². The first-order chi connectivity index (χ1) is 18.7. The van der Waals surface area contributed by atoms with Gasteiger partial charge in [0, 0.05) is 63.3 Å². The molecule has 1 amide bonds. The number of nitrogens with zero attached hydrogens (tertiary/aromatic N) is 4. The Kier molecular flexibility index (Phi) is 7.52. The van der Waals surface area contributed by atoms with E-state index >= 15 is 0 Å². The van der Waals surface area contributed by atoms with Crippen LogP contribution in [0.3, 0.4) is 0 Å². The number of aryl methyl sites for hydroxylation is 1. The molecule has 0 spiro atoms. The molecule has 1 unspecified atom stereocenters. The molecule has 4 aromatic rings. The number of hydrogen-bond acceptors (Lipinski definition) is 6. The summed E-state index contributed by atoms with van der Waals surface area (Å²) >= 11 is 0. The van der Waals surface area contributed by atoms with Crippen LogP contribution in [0.5, 0.6) is 0 Å². The van der Waals surface area contributed by atoms with Crippen molar-refractivity contribution in [3.05, 3.63) is 94.0 Å². The van der Waals surface area contributed by atoms with E-state index in [9.17, 15) is 13.8 Å². The zero-order chi connectivity index (χ0) is 27.7. The molecule has 1 fully saturated rings. The summed E-state index contributed by atoms with van der Waals surface area (Å²) in [5, 5.41) is 5.09. The van der Waals surface area contributed by atoms with Crippen LogP contribution >= 0.6 is 0 Å². The number of aromatic nitrogens is 2. The van der Waals surface area contributed by atoms with Crippen molar-refractivity contribution in [1.29, 1.82) is 0 Å². The number of para-hydroxylation sites is 1. The van der Waals surface area contributed by atoms with Gasteiger partial charge in [-0.2, -0.15) is 0 Å². The van der Waals surface area contributed by atoms with Gasteiger partial charge in [0.2, 0.25) is 0 Å². The third kappa shape index (κ3) is 5.31. The fourth-order valence-electron chi connectivity index (χ4n) is 5.29. The number of rotatable bonds is 6. The average molecular weight is 544 g/mol. The predicted octanol–water partition coefficient (Wildman–Crippen LogP) is 4.11. The zero-order valence-electron chi connectivity index (χ0n) is 22.7. The van der Waals surface area contributed by atoms with Crippen LogP contribution in [0.1, 0.15) is 34.5 Å². The number of anilines is 2. The van der Waals surface area contributed by atoms with E-state index in [2.05, 4.69) is 34.3 Å². The second kappa shape index (κ2) is 11.0. The lowest BCUT2D eigenvalue weighted by molar-refractivity contribution is 0.0746. The summed E-state index contributed by atoms with van der Waals surface area (Å²) in [5.41, 5.74) is 3.36. The Morgan fingerprint density at radius 3 is 2.46 bits per heavy atom. The Morgan fingerprint density at radius 2 is 1.77 bits per heavy atom. The molecule has 1 aliphatic heterocycles. The standard InChI is InChI=1S/C30H33N5O3S/c1-20-16-23(21(2)32-26-9-5-6-10-27(26)39(4)38)24-18-28(33(3)30(37)25(24)17-20)34-12-14-35(15-13-34)29(36)22-8-7-11-31-19-22/h5-11,16-19,21,32H,12-15H2,1-4H3/t21-,39?/m1/s1. The van der Waals surface area contributed by atoms with Crippen LogP contribution in [-0.4, -0.2) is 57.0 Å². The summed E-state index contributed by atoms with van der Waals surface area (Å²) < 4.78 is 14.0. The molecule has 0 bridgehead atoms. The van der Waals surface area contributed by atoms with Crippen LogP contribution in [0.2, 0.25) is 0 Å². The van der Waals surface area contributed by atoms with Gasteiger partial charge < -0.3 is 15.1 Å². The number of amides is 1. The fourth-order valence-corrected chi connectivity index (χ4v) is 6.00. The molecule has 1 aliphatic rings. The van der Waals surface area contributed by atoms with E-state index in [1.165, 1.54) is 0 Å². The Hall–Kier alpha value is -3.98. The summed E-state index contributed by atoms with van der Waals surface area (Å²) in [6, 6.07) is 17.2. The smallest absolute Gasteiger partial charge is 0.259 e. The Balaban J connectivity index is 1.46. The van der Waals surface area contributed by atoms with Gasteiger partial charge in [0.05, 0.1) is 26.9 Å². The van der Waals surface area contributed by atoms with E-state index < -0.39 is 10.8 Å². The molecule has 2 aromatic heterocycles. The normalized spacial score (nSPS) is 15.3. The number of nitrogens with one attached hydrogen (secondary N) is 1. The number of carbonyl (C=O) groups excluding carboxylic acids is 1. The maximum absolute atomic E-state index is 13.6. The highest BCUT2D eigenvalue weighted by molar-refractivity contribution is 7.84. The van der Waals surface area contributed by atoms with Crippen LogP contribution in [0.4, 0.5) is 11.5 Å². The van der Waals surface area contributed by atoms with Gasteiger partial charge in [0.25, 0.3) is 11.5 Å². The van der Waals surface area contributed by atoms with Gasteiger partial charge in [-0.05, 0) is 66.8 Å². The molecule has 39 heavy (non-hydrogen) atoms. The lowest BCUT2D eigenvalue weighted by Crippen LogP contribution is -2.49. The van der Waals surface area contributed by atoms with E-state index in [1.54, 1.807) is 42.4 Å². The van der Waals surface area contributed by atoms with E-state index in [0.717, 1.165) is 32.9 Å². The Morgan fingerprint density at radius 1 is 1.03 bits per heavy atom. The average Bonchev–Trinajstić information content (AvgIpc) is 2.95. The number of piperazine rings is 1. The predicted molar refractivity (Wildman–Crippen MR) is 157 cm³/mol. The van der Waals surface area contributed by atoms with Crippen molar-refractivity contribution in [1.82, 2.24) is 14.5 Å². The number of hydrogen-bond donors (Lipinski definition) is 1. The molecule has 0 aliphatic carbocycles. The summed E-state index contributed by atoms with van der Waals surface area (Å²) in [4.78, 5) is 35.3. The fraction of sp³-hybridized carbons (Fsp3) is 0.300. The van der Waals surface area contributed by atoms with Crippen LogP contribution in [-0.2, 0) is 17.8 Å². The number of carbonyl (C=O) groups is 1. The van der Waals surface area contributed by atoms with Gasteiger partial charge in [0.1, 0.15) is 5.82 Å². The molecule has 3 heterocycles. The van der Waals surface area contributed by atoms with E-state index in [-0.39, 0.29) is 17.5 Å². The molecule has 1 N–H and O–H groups in total. The van der Waals surface area contributed by atoms with E-state index in [0.29, 0.717) is 37.1 Å². The molecular formula is C30H33N5O3S. The largest absolute Gasteiger partial charge is 0.378 e. The van der Waals surface area contributed by atoms with Crippen molar-refractivity contribution in [2.45, 2.75) is 24.8 Å². The topological polar surface area (TPSA) is 87.5 Å². The molecule has 2 atom stereocenters. The minimum absolute atomic E-state index is 0.0268. The molecular weight excluding hydrogens is 510 g/mol. The first-order valence-corrected chi connectivity index (χ1v) is 14.6. The van der Waals surface area contributed by atoms with Crippen LogP contribution in [0, 0.1) is 6.92 Å². The molecule has 5 rings (SSSR count). The molecule has 2 aromatic carbocycles. The maximum atomic E-state index is 13.6. The van der Waals surface area contributed by atoms with Crippen LogP contribution in [0.15, 0.2) is 76.7 Å². The monoisotopic (exact) mass is 543 g/mol. The first-order valence-electron chi connectivity index (χ1n) is 13.0. The molecule has 0 saturated carbocycles. The van der Waals surface area contributed by atoms with Gasteiger partial charge in [-0.15, -0.1) is 0 Å². The SMILES string of the molecule is Cc1cc([C@@H](C)Nc2ccccc2S(C)=O)c2cc(N3CCN(C(=O)c4cccnc4)CC3)n(C)c(=O)c2c1. The van der Waals surface area contributed by atoms with Crippen molar-refractivity contribution < 1.29 is 9.00 Å². The van der Waals surface area contributed by atoms with Gasteiger partial charge >= 0.3 is 0 Å². The second-order valence-electron chi connectivity index (χ2n) is 10.0. The summed E-state index contributed by atoms with van der Waals surface area (Å²) in [6.07, 6.45) is 4.93. The number of benzene rings is 2. The lowest BCUT2D eigenvalue weighted by Gasteiger charge is -2.37. The molecule has 1 saturated heterocycles. The van der Waals surface area contributed by atoms with Gasteiger partial charge in [0.15, 0.2) is 0 Å². The molecule has 8 nitrogen and oxygen atoms in total. The van der Waals surface area contributed by atoms with Crippen LogP contribution < -0.4 is 15.8 Å². The second-order valence-corrected chi connectivity index (χ2v) is 11.4. The minimum Gasteiger partial charge on any atom is -0.378 e. The Labute approximate surface area is 230 Å². The zero-order valence-corrected chi connectivity index (χ0v) is 23.5. The lowest BCUT2D eigenvalue weighted by atomic mass is 9.97. The quantitative estimate of drug-likeness (QED) is 0.394. The third-order valence-corrected chi connectivity index (χ3v) is 8.32. The van der Waals surface area contributed by atoms with Crippen molar-refractivity contribution in [3.63, 3.8) is 0 Å². The van der Waals surface area contributed by atoms with E-state index in [1.807, 2.05) is 42.2 Å². The third-order valence-electron chi connectivity index (χ3n) is 7.34.